The Morgan fingerprint density at radius 1 is 1.13 bits per heavy atom. The van der Waals surface area contributed by atoms with Crippen molar-refractivity contribution in [2.75, 3.05) is 5.32 Å². The Morgan fingerprint density at radius 2 is 1.90 bits per heavy atom. The highest BCUT2D eigenvalue weighted by atomic mass is 32.2. The Morgan fingerprint density at radius 3 is 2.57 bits per heavy atom. The van der Waals surface area contributed by atoms with E-state index in [1.54, 1.807) is 24.3 Å². The van der Waals surface area contributed by atoms with Gasteiger partial charge in [0.15, 0.2) is 0 Å². The second-order valence-electron chi connectivity index (χ2n) is 6.42. The summed E-state index contributed by atoms with van der Waals surface area (Å²) in [5.74, 6) is -1.34. The fraction of sp³-hybridized carbons (Fsp3) is 0.130. The van der Waals surface area contributed by atoms with Crippen molar-refractivity contribution in [1.29, 1.82) is 5.26 Å². The van der Waals surface area contributed by atoms with Gasteiger partial charge in [0.25, 0.3) is 0 Å². The first kappa shape index (κ1) is 21.1. The Balaban J connectivity index is 1.82. The van der Waals surface area contributed by atoms with Gasteiger partial charge in [-0.25, -0.2) is 9.78 Å². The zero-order valence-corrected chi connectivity index (χ0v) is 17.0. The first-order valence-electron chi connectivity index (χ1n) is 9.29. The fourth-order valence-corrected chi connectivity index (χ4v) is 3.79. The third-order valence-electron chi connectivity index (χ3n) is 4.34. The van der Waals surface area contributed by atoms with E-state index in [0.29, 0.717) is 22.7 Å². The molecular formula is C23H19N3O3S. The maximum Gasteiger partial charge on any atom is 0.335 e. The van der Waals surface area contributed by atoms with Crippen LogP contribution in [0.2, 0.25) is 0 Å². The second-order valence-corrected chi connectivity index (χ2v) is 7.61. The lowest BCUT2D eigenvalue weighted by Crippen LogP contribution is -2.25. The molecule has 0 aliphatic rings. The van der Waals surface area contributed by atoms with Gasteiger partial charge in [0.05, 0.1) is 22.1 Å². The summed E-state index contributed by atoms with van der Waals surface area (Å²) in [7, 11) is 0. The average molecular weight is 417 g/mol. The Labute approximate surface area is 178 Å². The number of aromatic nitrogens is 1. The van der Waals surface area contributed by atoms with E-state index >= 15 is 0 Å². The molecule has 2 aromatic carbocycles. The normalized spacial score (nSPS) is 11.3. The number of carboxylic acids is 1. The van der Waals surface area contributed by atoms with Crippen LogP contribution < -0.4 is 5.32 Å². The van der Waals surface area contributed by atoms with E-state index in [1.807, 2.05) is 37.3 Å². The fourth-order valence-electron chi connectivity index (χ4n) is 2.79. The van der Waals surface area contributed by atoms with Gasteiger partial charge in [0.2, 0.25) is 5.91 Å². The van der Waals surface area contributed by atoms with Crippen LogP contribution in [-0.4, -0.2) is 27.2 Å². The van der Waals surface area contributed by atoms with Crippen molar-refractivity contribution >= 4 is 29.3 Å². The zero-order chi connectivity index (χ0) is 21.5. The first-order valence-corrected chi connectivity index (χ1v) is 10.2. The second kappa shape index (κ2) is 9.72. The molecule has 0 saturated carbocycles. The number of thioether (sulfide) groups is 1. The molecule has 3 aromatic rings. The molecule has 30 heavy (non-hydrogen) atoms. The minimum atomic E-state index is -1.06. The zero-order valence-electron chi connectivity index (χ0n) is 16.2. The number of hydrogen-bond acceptors (Lipinski definition) is 5. The number of hydrogen-bond donors (Lipinski definition) is 2. The number of benzene rings is 2. The average Bonchev–Trinajstić information content (AvgIpc) is 2.78. The summed E-state index contributed by atoms with van der Waals surface area (Å²) >= 11 is 1.22. The molecule has 0 bridgehead atoms. The number of aromatic carboxylic acids is 1. The van der Waals surface area contributed by atoms with Gasteiger partial charge < -0.3 is 10.4 Å². The molecule has 1 unspecified atom stereocenters. The van der Waals surface area contributed by atoms with Gasteiger partial charge in [-0.2, -0.15) is 5.26 Å². The Hall–Kier alpha value is -3.63. The predicted molar refractivity (Wildman–Crippen MR) is 116 cm³/mol. The molecule has 150 valence electrons. The van der Waals surface area contributed by atoms with Crippen LogP contribution in [0.3, 0.4) is 0 Å². The van der Waals surface area contributed by atoms with E-state index in [0.717, 1.165) is 11.3 Å². The van der Waals surface area contributed by atoms with E-state index in [1.165, 1.54) is 23.9 Å². The number of nitrogens with one attached hydrogen (secondary N) is 1. The number of carbonyl (C=O) groups excluding carboxylic acids is 1. The molecule has 0 aliphatic heterocycles. The summed E-state index contributed by atoms with van der Waals surface area (Å²) in [6, 6.07) is 21.3. The minimum Gasteiger partial charge on any atom is -0.478 e. The molecule has 0 aliphatic carbocycles. The van der Waals surface area contributed by atoms with Crippen LogP contribution in [0.1, 0.15) is 29.3 Å². The maximum absolute atomic E-state index is 12.8. The van der Waals surface area contributed by atoms with Crippen LogP contribution in [-0.2, 0) is 4.79 Å². The van der Waals surface area contributed by atoms with Gasteiger partial charge in [-0.1, -0.05) is 55.1 Å². The number of anilines is 1. The summed E-state index contributed by atoms with van der Waals surface area (Å²) in [5, 5.41) is 21.3. The summed E-state index contributed by atoms with van der Waals surface area (Å²) < 4.78 is 0. The lowest BCUT2D eigenvalue weighted by Gasteiger charge is -2.16. The Kier molecular flexibility index (Phi) is 6.83. The number of nitrogens with zero attached hydrogens (tertiary/aromatic N) is 2. The SMILES string of the molecule is CCC(Sc1nc(-c2ccccc2)ccc1C#N)C(=O)Nc1cccc(C(=O)O)c1. The molecule has 6 nitrogen and oxygen atoms in total. The monoisotopic (exact) mass is 417 g/mol. The summed E-state index contributed by atoms with van der Waals surface area (Å²) in [6.45, 7) is 1.87. The van der Waals surface area contributed by atoms with Crippen LogP contribution >= 0.6 is 11.8 Å². The highest BCUT2D eigenvalue weighted by Crippen LogP contribution is 2.30. The van der Waals surface area contributed by atoms with Gasteiger partial charge in [0.1, 0.15) is 11.1 Å². The Bertz CT molecular complexity index is 1110. The van der Waals surface area contributed by atoms with Gasteiger partial charge in [-0.15, -0.1) is 0 Å². The molecule has 0 spiro atoms. The van der Waals surface area contributed by atoms with Crippen LogP contribution in [0.15, 0.2) is 71.8 Å². The topological polar surface area (TPSA) is 103 Å². The minimum absolute atomic E-state index is 0.0949. The van der Waals surface area contributed by atoms with Crippen molar-refractivity contribution in [3.8, 4) is 17.3 Å². The molecule has 1 atom stereocenters. The number of nitriles is 1. The number of amides is 1. The highest BCUT2D eigenvalue weighted by molar-refractivity contribution is 8.00. The summed E-state index contributed by atoms with van der Waals surface area (Å²) in [4.78, 5) is 28.5. The van der Waals surface area contributed by atoms with Gasteiger partial charge in [0, 0.05) is 11.3 Å². The molecular weight excluding hydrogens is 398 g/mol. The number of pyridine rings is 1. The number of carbonyl (C=O) groups is 2. The van der Waals surface area contributed by atoms with E-state index in [2.05, 4.69) is 16.4 Å². The van der Waals surface area contributed by atoms with Gasteiger partial charge in [-0.3, -0.25) is 4.79 Å². The number of carboxylic acid groups (broad SMARTS) is 1. The maximum atomic E-state index is 12.8. The predicted octanol–water partition coefficient (Wildman–Crippen LogP) is 4.83. The molecule has 0 fully saturated rings. The third-order valence-corrected chi connectivity index (χ3v) is 5.71. The van der Waals surface area contributed by atoms with E-state index in [9.17, 15) is 14.9 Å². The largest absolute Gasteiger partial charge is 0.478 e. The quantitative estimate of drug-likeness (QED) is 0.534. The van der Waals surface area contributed by atoms with E-state index in [-0.39, 0.29) is 11.5 Å². The molecule has 3 rings (SSSR count). The molecule has 2 N–H and O–H groups in total. The van der Waals surface area contributed by atoms with Crippen LogP contribution in [0, 0.1) is 11.3 Å². The summed E-state index contributed by atoms with van der Waals surface area (Å²) in [6.07, 6.45) is 0.511. The third kappa shape index (κ3) is 5.04. The first-order chi connectivity index (χ1) is 14.5. The lowest BCUT2D eigenvalue weighted by molar-refractivity contribution is -0.115. The standard InChI is InChI=1S/C23H19N3O3S/c1-2-20(21(27)25-18-10-6-9-16(13-18)23(28)29)30-22-17(14-24)11-12-19(26-22)15-7-4-3-5-8-15/h3-13,20H,2H2,1H3,(H,25,27)(H,28,29). The van der Waals surface area contributed by atoms with Crippen LogP contribution in [0.5, 0.6) is 0 Å². The van der Waals surface area contributed by atoms with Crippen LogP contribution in [0.4, 0.5) is 5.69 Å². The van der Waals surface area contributed by atoms with Crippen molar-refractivity contribution in [3.63, 3.8) is 0 Å². The molecule has 1 heterocycles. The van der Waals surface area contributed by atoms with Crippen LogP contribution in [0.25, 0.3) is 11.3 Å². The molecule has 7 heteroatoms. The van der Waals surface area contributed by atoms with Crippen molar-refractivity contribution in [2.45, 2.75) is 23.6 Å². The summed E-state index contributed by atoms with van der Waals surface area (Å²) in [5.41, 5.74) is 2.55. The lowest BCUT2D eigenvalue weighted by atomic mass is 10.1. The molecule has 1 amide bonds. The smallest absolute Gasteiger partial charge is 0.335 e. The molecule has 1 aromatic heterocycles. The van der Waals surface area contributed by atoms with Crippen molar-refractivity contribution in [1.82, 2.24) is 4.98 Å². The number of rotatable bonds is 7. The van der Waals surface area contributed by atoms with E-state index < -0.39 is 11.2 Å². The van der Waals surface area contributed by atoms with Crippen molar-refractivity contribution in [2.24, 2.45) is 0 Å². The molecule has 0 saturated heterocycles. The van der Waals surface area contributed by atoms with Gasteiger partial charge >= 0.3 is 5.97 Å². The highest BCUT2D eigenvalue weighted by Gasteiger charge is 2.21. The van der Waals surface area contributed by atoms with Crippen molar-refractivity contribution in [3.05, 3.63) is 77.9 Å². The van der Waals surface area contributed by atoms with Gasteiger partial charge in [-0.05, 0) is 36.8 Å². The van der Waals surface area contributed by atoms with E-state index in [4.69, 9.17) is 5.11 Å². The van der Waals surface area contributed by atoms with Crippen molar-refractivity contribution < 1.29 is 14.7 Å². The molecule has 0 radical (unpaired) electrons.